The Balaban J connectivity index is 2.16. The van der Waals surface area contributed by atoms with Crippen molar-refractivity contribution in [3.8, 4) is 0 Å². The largest absolute Gasteiger partial charge is 0.434 e. The second-order valence-corrected chi connectivity index (χ2v) is 3.79. The summed E-state index contributed by atoms with van der Waals surface area (Å²) in [5.41, 5.74) is 0.410. The Morgan fingerprint density at radius 1 is 1.58 bits per heavy atom. The quantitative estimate of drug-likeness (QED) is 0.580. The highest BCUT2D eigenvalue weighted by molar-refractivity contribution is 5.09. The van der Waals surface area contributed by atoms with E-state index in [4.69, 9.17) is 5.11 Å². The predicted molar refractivity (Wildman–Crippen MR) is 60.1 cm³/mol. The third-order valence-corrected chi connectivity index (χ3v) is 2.51. The SMILES string of the molecule is O=[N+]([O-])c1nccn1Cc1cn([C@H](CO)C[18F])nn1. The first-order chi connectivity index (χ1) is 9.15. The van der Waals surface area contributed by atoms with Crippen LogP contribution in [0.3, 0.4) is 0 Å². The van der Waals surface area contributed by atoms with Gasteiger partial charge < -0.3 is 15.2 Å². The molecule has 0 aliphatic rings. The molecule has 0 radical (unpaired) electrons. The fraction of sp³-hybridized carbons (Fsp3) is 0.444. The maximum Gasteiger partial charge on any atom is 0.434 e. The lowest BCUT2D eigenvalue weighted by molar-refractivity contribution is -0.396. The standard InChI is InChI=1S/C9H11FN6O3/c10-3-8(6-17)15-5-7(12-13-15)4-14-2-1-11-9(14)16(18)19/h1-2,5,8,17H,3-4,6H2/t8-/m0/s1/i10-1. The molecular weight excluding hydrogens is 258 g/mol. The van der Waals surface area contributed by atoms with E-state index in [0.29, 0.717) is 5.69 Å². The van der Waals surface area contributed by atoms with Gasteiger partial charge in [0.05, 0.1) is 12.8 Å². The first-order valence-electron chi connectivity index (χ1n) is 5.38. The zero-order valence-corrected chi connectivity index (χ0v) is 9.76. The minimum absolute atomic E-state index is 0.0980. The summed E-state index contributed by atoms with van der Waals surface area (Å²) in [4.78, 5) is 13.7. The molecule has 19 heavy (non-hydrogen) atoms. The van der Waals surface area contributed by atoms with Crippen LogP contribution in [0.2, 0.25) is 0 Å². The Labute approximate surface area is 106 Å². The number of nitrogens with zero attached hydrogens (tertiary/aromatic N) is 6. The molecule has 0 spiro atoms. The second kappa shape index (κ2) is 5.52. The highest BCUT2D eigenvalue weighted by Crippen LogP contribution is 2.11. The monoisotopic (exact) mass is 269 g/mol. The first kappa shape index (κ1) is 13.1. The molecule has 0 aliphatic heterocycles. The van der Waals surface area contributed by atoms with Crippen LogP contribution in [0.15, 0.2) is 18.6 Å². The Kier molecular flexibility index (Phi) is 3.80. The van der Waals surface area contributed by atoms with Gasteiger partial charge in [0.25, 0.3) is 0 Å². The van der Waals surface area contributed by atoms with Crippen molar-refractivity contribution in [1.29, 1.82) is 0 Å². The third-order valence-electron chi connectivity index (χ3n) is 2.51. The average molecular weight is 269 g/mol. The molecule has 0 unspecified atom stereocenters. The van der Waals surface area contributed by atoms with E-state index in [1.54, 1.807) is 0 Å². The van der Waals surface area contributed by atoms with Crippen LogP contribution in [0.4, 0.5) is 10.3 Å². The van der Waals surface area contributed by atoms with Crippen LogP contribution in [0.1, 0.15) is 11.7 Å². The molecule has 1 N–H and O–H groups in total. The average Bonchev–Trinajstić information content (AvgIpc) is 3.01. The molecule has 0 saturated heterocycles. The highest BCUT2D eigenvalue weighted by Gasteiger charge is 2.17. The molecule has 102 valence electrons. The number of aromatic nitrogens is 5. The minimum Gasteiger partial charge on any atom is -0.394 e. The Hall–Kier alpha value is -2.36. The van der Waals surface area contributed by atoms with Gasteiger partial charge in [0.2, 0.25) is 0 Å². The lowest BCUT2D eigenvalue weighted by Gasteiger charge is -2.07. The van der Waals surface area contributed by atoms with Crippen LogP contribution < -0.4 is 0 Å². The zero-order chi connectivity index (χ0) is 13.8. The van der Waals surface area contributed by atoms with Gasteiger partial charge in [-0.1, -0.05) is 10.2 Å². The van der Waals surface area contributed by atoms with Crippen LogP contribution >= 0.6 is 0 Å². The van der Waals surface area contributed by atoms with E-state index in [9.17, 15) is 14.5 Å². The van der Waals surface area contributed by atoms with Crippen LogP contribution in [0.25, 0.3) is 0 Å². The summed E-state index contributed by atoms with van der Waals surface area (Å²) in [5.74, 6) is -0.307. The van der Waals surface area contributed by atoms with Gasteiger partial charge >= 0.3 is 5.95 Å². The number of aliphatic hydroxyl groups is 1. The van der Waals surface area contributed by atoms with Crippen LogP contribution in [-0.2, 0) is 6.54 Å². The lowest BCUT2D eigenvalue weighted by Crippen LogP contribution is -2.15. The van der Waals surface area contributed by atoms with E-state index < -0.39 is 24.2 Å². The van der Waals surface area contributed by atoms with Crippen molar-refractivity contribution in [3.63, 3.8) is 0 Å². The zero-order valence-electron chi connectivity index (χ0n) is 9.76. The summed E-state index contributed by atoms with van der Waals surface area (Å²) in [6, 6.07) is -0.793. The molecule has 0 saturated carbocycles. The van der Waals surface area contributed by atoms with E-state index in [1.807, 2.05) is 0 Å². The second-order valence-electron chi connectivity index (χ2n) is 3.79. The summed E-state index contributed by atoms with van der Waals surface area (Å²) in [6.45, 7) is -1.07. The molecule has 9 nitrogen and oxygen atoms in total. The molecule has 0 bridgehead atoms. The molecule has 0 aliphatic carbocycles. The number of hydrogen-bond acceptors (Lipinski definition) is 6. The highest BCUT2D eigenvalue weighted by atomic mass is 18.2. The molecule has 0 aromatic carbocycles. The third kappa shape index (κ3) is 2.73. The molecule has 0 amide bonds. The van der Waals surface area contributed by atoms with Gasteiger partial charge in [0, 0.05) is 0 Å². The van der Waals surface area contributed by atoms with Crippen molar-refractivity contribution in [3.05, 3.63) is 34.4 Å². The van der Waals surface area contributed by atoms with E-state index in [0.717, 1.165) is 0 Å². The van der Waals surface area contributed by atoms with Gasteiger partial charge in [-0.2, -0.15) is 0 Å². The maximum absolute atomic E-state index is 12.5. The molecule has 2 heterocycles. The number of nitro groups is 1. The minimum atomic E-state index is -0.793. The number of hydrogen-bond donors (Lipinski definition) is 1. The summed E-state index contributed by atoms with van der Waals surface area (Å²) in [5, 5.41) is 27.1. The summed E-state index contributed by atoms with van der Waals surface area (Å²) in [7, 11) is 0. The topological polar surface area (TPSA) is 112 Å². The lowest BCUT2D eigenvalue weighted by atomic mass is 10.3. The number of halogens is 1. The van der Waals surface area contributed by atoms with E-state index >= 15 is 0 Å². The van der Waals surface area contributed by atoms with Gasteiger partial charge in [-0.15, -0.1) is 5.10 Å². The van der Waals surface area contributed by atoms with Gasteiger partial charge in [-0.05, 0) is 4.92 Å². The van der Waals surface area contributed by atoms with Gasteiger partial charge in [-0.25, -0.2) is 13.6 Å². The Morgan fingerprint density at radius 3 is 3.00 bits per heavy atom. The Bertz CT molecular complexity index is 564. The Morgan fingerprint density at radius 2 is 2.37 bits per heavy atom. The van der Waals surface area contributed by atoms with Gasteiger partial charge in [0.1, 0.15) is 37.3 Å². The van der Waals surface area contributed by atoms with Crippen molar-refractivity contribution in [2.24, 2.45) is 0 Å². The molecule has 10 heteroatoms. The number of rotatable bonds is 6. The molecular formula is C9H11FN6O3. The van der Waals surface area contributed by atoms with Crippen LogP contribution in [0.5, 0.6) is 0 Å². The normalized spacial score (nSPS) is 12.5. The van der Waals surface area contributed by atoms with Crippen molar-refractivity contribution in [1.82, 2.24) is 24.5 Å². The number of aliphatic hydroxyl groups excluding tert-OH is 1. The fourth-order valence-corrected chi connectivity index (χ4v) is 1.54. The first-order valence-corrected chi connectivity index (χ1v) is 5.38. The van der Waals surface area contributed by atoms with E-state index in [1.165, 1.54) is 27.8 Å². The fourth-order valence-electron chi connectivity index (χ4n) is 1.54. The van der Waals surface area contributed by atoms with Crippen LogP contribution in [-0.4, -0.2) is 47.9 Å². The van der Waals surface area contributed by atoms with E-state index in [2.05, 4.69) is 15.3 Å². The molecule has 0 fully saturated rings. The maximum atomic E-state index is 12.5. The van der Waals surface area contributed by atoms with Crippen molar-refractivity contribution in [2.75, 3.05) is 13.3 Å². The molecule has 2 rings (SSSR count). The van der Waals surface area contributed by atoms with Gasteiger partial charge in [-0.3, -0.25) is 0 Å². The number of imidazole rings is 1. The summed E-state index contributed by atoms with van der Waals surface area (Å²) in [6.07, 6.45) is 4.18. The molecule has 2 aromatic rings. The summed E-state index contributed by atoms with van der Waals surface area (Å²) >= 11 is 0. The van der Waals surface area contributed by atoms with Gasteiger partial charge in [0.15, 0.2) is 0 Å². The smallest absolute Gasteiger partial charge is 0.394 e. The molecule has 1 atom stereocenters. The summed E-state index contributed by atoms with van der Waals surface area (Å²) < 4.78 is 15.0. The van der Waals surface area contributed by atoms with Crippen LogP contribution in [0, 0.1) is 10.1 Å². The molecule has 2 aromatic heterocycles. The van der Waals surface area contributed by atoms with Crippen molar-refractivity contribution in [2.45, 2.75) is 12.6 Å². The van der Waals surface area contributed by atoms with Crippen molar-refractivity contribution < 1.29 is 14.4 Å². The number of alkyl halides is 1. The van der Waals surface area contributed by atoms with Crippen molar-refractivity contribution >= 4 is 5.95 Å². The predicted octanol–water partition coefficient (Wildman–Crippen LogP) is -0.0660. The van der Waals surface area contributed by atoms with E-state index in [-0.39, 0.29) is 12.5 Å².